The van der Waals surface area contributed by atoms with E-state index < -0.39 is 45.4 Å². The average Bonchev–Trinajstić information content (AvgIpc) is 2.78. The van der Waals surface area contributed by atoms with Crippen LogP contribution in [-0.2, 0) is 14.3 Å². The summed E-state index contributed by atoms with van der Waals surface area (Å²) in [6.45, 7) is 5.27. The highest BCUT2D eigenvalue weighted by atomic mass is 28.3. The molecule has 8 heteroatoms. The molecule has 1 amide bonds. The van der Waals surface area contributed by atoms with Crippen LogP contribution in [0.5, 0.6) is 0 Å². The van der Waals surface area contributed by atoms with Gasteiger partial charge in [0, 0.05) is 0 Å². The number of carbonyl (C=O) groups is 2. The molecule has 4 N–H and O–H groups in total. The van der Waals surface area contributed by atoms with E-state index in [-0.39, 0.29) is 5.04 Å². The first kappa shape index (κ1) is 24.7. The maximum Gasteiger partial charge on any atom is 0.330 e. The van der Waals surface area contributed by atoms with E-state index >= 15 is 0 Å². The number of hydrogen-bond donors (Lipinski definition) is 4. The van der Waals surface area contributed by atoms with Gasteiger partial charge in [-0.25, -0.2) is 4.79 Å². The van der Waals surface area contributed by atoms with Crippen molar-refractivity contribution in [3.63, 3.8) is 0 Å². The fourth-order valence-electron chi connectivity index (χ4n) is 3.84. The van der Waals surface area contributed by atoms with Crippen LogP contribution in [0.3, 0.4) is 0 Å². The van der Waals surface area contributed by atoms with Gasteiger partial charge in [0.1, 0.15) is 6.04 Å². The highest BCUT2D eigenvalue weighted by molar-refractivity contribution is 7.02. The van der Waals surface area contributed by atoms with E-state index in [4.69, 9.17) is 0 Å². The van der Waals surface area contributed by atoms with Gasteiger partial charge in [-0.2, -0.15) is 0 Å². The Morgan fingerprint density at radius 2 is 1.35 bits per heavy atom. The van der Waals surface area contributed by atoms with Crippen LogP contribution >= 0.6 is 0 Å². The molecule has 0 bridgehead atoms. The van der Waals surface area contributed by atoms with Gasteiger partial charge in [-0.3, -0.25) is 4.79 Å². The second kappa shape index (κ2) is 10.7. The molecule has 7 nitrogen and oxygen atoms in total. The minimum Gasteiger partial charge on any atom is -0.467 e. The van der Waals surface area contributed by atoms with Crippen molar-refractivity contribution in [2.75, 3.05) is 20.3 Å². The lowest BCUT2D eigenvalue weighted by Crippen LogP contribution is -2.77. The lowest BCUT2D eigenvalue weighted by molar-refractivity contribution is -0.146. The Bertz CT molecular complexity index is 816. The Kier molecular flexibility index (Phi) is 8.52. The zero-order valence-electron chi connectivity index (χ0n) is 18.5. The average molecular weight is 445 g/mol. The molecule has 2 aromatic rings. The quantitative estimate of drug-likeness (QED) is 0.324. The molecule has 0 saturated carbocycles. The Balaban J connectivity index is 2.54. The minimum absolute atomic E-state index is 0.290. The Morgan fingerprint density at radius 3 is 1.71 bits per heavy atom. The molecule has 2 rings (SSSR count). The van der Waals surface area contributed by atoms with Crippen LogP contribution in [0.2, 0.25) is 5.04 Å². The predicted molar refractivity (Wildman–Crippen MR) is 123 cm³/mol. The minimum atomic E-state index is -2.84. The number of carbonyl (C=O) groups excluding carboxylic acids is 2. The van der Waals surface area contributed by atoms with Gasteiger partial charge < -0.3 is 25.2 Å². The molecule has 0 aliphatic rings. The van der Waals surface area contributed by atoms with E-state index in [0.29, 0.717) is 0 Å². The number of benzene rings is 2. The summed E-state index contributed by atoms with van der Waals surface area (Å²) in [5.74, 6) is -1.34. The summed E-state index contributed by atoms with van der Waals surface area (Å²) in [6.07, 6.45) is 0. The molecule has 0 saturated heterocycles. The van der Waals surface area contributed by atoms with Crippen LogP contribution in [0.15, 0.2) is 60.7 Å². The van der Waals surface area contributed by atoms with Gasteiger partial charge in [0.15, 0.2) is 14.3 Å². The molecule has 168 valence electrons. The third-order valence-electron chi connectivity index (χ3n) is 5.41. The number of ether oxygens (including phenoxy) is 1. The van der Waals surface area contributed by atoms with E-state index in [1.807, 2.05) is 60.7 Å². The molecular formula is C23H32N2O5Si. The fourth-order valence-corrected chi connectivity index (χ4v) is 8.80. The van der Waals surface area contributed by atoms with Gasteiger partial charge in [0.05, 0.1) is 20.3 Å². The molecule has 0 aliphatic heterocycles. The molecule has 0 aliphatic carbocycles. The molecule has 0 spiro atoms. The smallest absolute Gasteiger partial charge is 0.330 e. The van der Waals surface area contributed by atoms with Crippen molar-refractivity contribution in [2.24, 2.45) is 0 Å². The number of nitrogens with one attached hydrogen (secondary N) is 2. The molecular weight excluding hydrogens is 412 g/mol. The number of rotatable bonds is 9. The molecule has 31 heavy (non-hydrogen) atoms. The summed E-state index contributed by atoms with van der Waals surface area (Å²) in [6, 6.07) is 17.7. The predicted octanol–water partition coefficient (Wildman–Crippen LogP) is 0.147. The van der Waals surface area contributed by atoms with Gasteiger partial charge in [0.2, 0.25) is 5.91 Å². The summed E-state index contributed by atoms with van der Waals surface area (Å²) in [7, 11) is -1.66. The van der Waals surface area contributed by atoms with Gasteiger partial charge in [-0.1, -0.05) is 81.4 Å². The SMILES string of the molecule is COC(=O)[C@H](CO)NC(=O)[C@H](CO)N[Si](c1ccccc1)(c1ccccc1)C(C)(C)C. The number of esters is 1. The third kappa shape index (κ3) is 5.40. The van der Waals surface area contributed by atoms with E-state index in [1.54, 1.807) is 0 Å². The highest BCUT2D eigenvalue weighted by Gasteiger charge is 2.50. The highest BCUT2D eigenvalue weighted by Crippen LogP contribution is 2.34. The summed E-state index contributed by atoms with van der Waals surface area (Å²) in [5, 5.41) is 23.9. The maximum atomic E-state index is 13.0. The van der Waals surface area contributed by atoms with E-state index in [9.17, 15) is 19.8 Å². The third-order valence-corrected chi connectivity index (χ3v) is 10.8. The lowest BCUT2D eigenvalue weighted by Gasteiger charge is -2.46. The molecule has 0 fully saturated rings. The normalized spacial score (nSPS) is 13.9. The van der Waals surface area contributed by atoms with Crippen molar-refractivity contribution in [1.82, 2.24) is 10.3 Å². The Hall–Kier alpha value is -2.52. The molecule has 2 atom stereocenters. The first-order chi connectivity index (χ1) is 14.7. The van der Waals surface area contributed by atoms with Gasteiger partial charge >= 0.3 is 5.97 Å². The fraction of sp³-hybridized carbons (Fsp3) is 0.391. The molecule has 0 radical (unpaired) electrons. The molecule has 2 aromatic carbocycles. The number of amides is 1. The van der Waals surface area contributed by atoms with Crippen LogP contribution in [0.25, 0.3) is 0 Å². The second-order valence-electron chi connectivity index (χ2n) is 8.38. The zero-order valence-corrected chi connectivity index (χ0v) is 19.5. The van der Waals surface area contributed by atoms with Crippen LogP contribution in [0, 0.1) is 0 Å². The van der Waals surface area contributed by atoms with Crippen LogP contribution in [0.4, 0.5) is 0 Å². The Morgan fingerprint density at radius 1 is 0.903 bits per heavy atom. The standard InChI is InChI=1S/C23H32N2O5Si/c1-23(2,3)31(17-11-7-5-8-12-17,18-13-9-6-10-14-18)25-19(15-26)21(28)24-20(16-27)22(29)30-4/h5-14,19-20,25-27H,15-16H2,1-4H3,(H,24,28)/t19-,20-/m0/s1. The van der Waals surface area contributed by atoms with Crippen molar-refractivity contribution in [3.8, 4) is 0 Å². The summed E-state index contributed by atoms with van der Waals surface area (Å²) in [4.78, 5) is 28.3. The number of methoxy groups -OCH3 is 1. The lowest BCUT2D eigenvalue weighted by atomic mass is 10.2. The van der Waals surface area contributed by atoms with Crippen LogP contribution in [-0.4, -0.2) is 62.7 Å². The first-order valence-corrected chi connectivity index (χ1v) is 12.2. The topological polar surface area (TPSA) is 108 Å². The summed E-state index contributed by atoms with van der Waals surface area (Å²) in [5.41, 5.74) is 0. The maximum absolute atomic E-state index is 13.0. The number of aliphatic hydroxyl groups excluding tert-OH is 2. The number of aliphatic hydroxyl groups is 2. The van der Waals surface area contributed by atoms with Crippen molar-refractivity contribution < 1.29 is 24.5 Å². The summed E-state index contributed by atoms with van der Waals surface area (Å²) >= 11 is 0. The zero-order chi connectivity index (χ0) is 23.1. The van der Waals surface area contributed by atoms with Crippen molar-refractivity contribution >= 4 is 30.5 Å². The van der Waals surface area contributed by atoms with Crippen LogP contribution < -0.4 is 20.7 Å². The van der Waals surface area contributed by atoms with Crippen LogP contribution in [0.1, 0.15) is 20.8 Å². The summed E-state index contributed by atoms with van der Waals surface area (Å²) < 4.78 is 4.62. The van der Waals surface area contributed by atoms with Gasteiger partial charge in [-0.05, 0) is 15.4 Å². The van der Waals surface area contributed by atoms with E-state index in [1.165, 1.54) is 7.11 Å². The van der Waals surface area contributed by atoms with Crippen molar-refractivity contribution in [1.29, 1.82) is 0 Å². The Labute approximate surface area is 184 Å². The molecule has 0 heterocycles. The van der Waals surface area contributed by atoms with Gasteiger partial charge in [0.25, 0.3) is 0 Å². The first-order valence-electron chi connectivity index (χ1n) is 10.2. The largest absolute Gasteiger partial charge is 0.467 e. The van der Waals surface area contributed by atoms with E-state index in [0.717, 1.165) is 10.4 Å². The second-order valence-corrected chi connectivity index (χ2v) is 12.8. The van der Waals surface area contributed by atoms with Gasteiger partial charge in [-0.15, -0.1) is 0 Å². The van der Waals surface area contributed by atoms with Crippen molar-refractivity contribution in [2.45, 2.75) is 37.9 Å². The molecule has 0 aromatic heterocycles. The molecule has 0 unspecified atom stereocenters. The number of hydrogen-bond acceptors (Lipinski definition) is 6. The monoisotopic (exact) mass is 444 g/mol. The van der Waals surface area contributed by atoms with E-state index in [2.05, 4.69) is 35.8 Å². The van der Waals surface area contributed by atoms with Crippen molar-refractivity contribution in [3.05, 3.63) is 60.7 Å².